The topological polar surface area (TPSA) is 24.5 Å². The van der Waals surface area contributed by atoms with Crippen LogP contribution in [0.1, 0.15) is 32.6 Å². The molecule has 2 rings (SSSR count). The fourth-order valence-corrected chi connectivity index (χ4v) is 2.66. The summed E-state index contributed by atoms with van der Waals surface area (Å²) >= 11 is 0. The number of rotatable bonds is 6. The van der Waals surface area contributed by atoms with Crippen molar-refractivity contribution in [3.8, 4) is 5.75 Å². The Hall–Kier alpha value is -1.22. The Morgan fingerprint density at radius 2 is 1.95 bits per heavy atom. The van der Waals surface area contributed by atoms with Crippen LogP contribution in [0, 0.1) is 5.92 Å². The summed E-state index contributed by atoms with van der Waals surface area (Å²) in [6.45, 7) is 4.03. The molecule has 0 aromatic heterocycles. The molecular weight excluding hydrogens is 248 g/mol. The first kappa shape index (κ1) is 15.2. The maximum atomic E-state index is 5.78. The van der Waals surface area contributed by atoms with Crippen LogP contribution in [0.5, 0.6) is 5.75 Å². The second-order valence-corrected chi connectivity index (χ2v) is 6.28. The lowest BCUT2D eigenvalue weighted by atomic mass is 9.87. The van der Waals surface area contributed by atoms with E-state index in [0.29, 0.717) is 6.04 Å². The molecule has 20 heavy (non-hydrogen) atoms. The van der Waals surface area contributed by atoms with E-state index in [2.05, 4.69) is 49.4 Å². The third kappa shape index (κ3) is 5.04. The quantitative estimate of drug-likeness (QED) is 0.859. The monoisotopic (exact) mass is 276 g/mol. The third-order valence-corrected chi connectivity index (χ3v) is 4.03. The van der Waals surface area contributed by atoms with E-state index >= 15 is 0 Å². The van der Waals surface area contributed by atoms with Crippen LogP contribution in [-0.2, 0) is 0 Å². The second-order valence-electron chi connectivity index (χ2n) is 6.28. The summed E-state index contributed by atoms with van der Waals surface area (Å²) in [6, 6.07) is 8.98. The van der Waals surface area contributed by atoms with E-state index in [4.69, 9.17) is 4.74 Å². The smallest absolute Gasteiger partial charge is 0.121 e. The first-order chi connectivity index (χ1) is 9.63. The number of likely N-dealkylation sites (N-methyl/N-ethyl adjacent to an activating group) is 1. The molecular formula is C17H28N2O. The number of benzene rings is 1. The number of nitrogens with zero attached hydrogens (tertiary/aromatic N) is 1. The highest BCUT2D eigenvalue weighted by atomic mass is 16.5. The van der Waals surface area contributed by atoms with E-state index in [-0.39, 0.29) is 0 Å². The van der Waals surface area contributed by atoms with Crippen molar-refractivity contribution < 1.29 is 4.74 Å². The van der Waals surface area contributed by atoms with Gasteiger partial charge in [0.15, 0.2) is 0 Å². The van der Waals surface area contributed by atoms with Crippen LogP contribution >= 0.6 is 0 Å². The molecule has 0 spiro atoms. The predicted molar refractivity (Wildman–Crippen MR) is 85.5 cm³/mol. The molecule has 0 aliphatic heterocycles. The normalized spacial score (nSPS) is 22.8. The molecule has 1 aromatic carbocycles. The van der Waals surface area contributed by atoms with E-state index in [1.165, 1.54) is 31.4 Å². The highest BCUT2D eigenvalue weighted by molar-refractivity contribution is 5.48. The summed E-state index contributed by atoms with van der Waals surface area (Å²) in [5.74, 6) is 1.86. The van der Waals surface area contributed by atoms with Crippen molar-refractivity contribution in [2.24, 2.45) is 5.92 Å². The van der Waals surface area contributed by atoms with E-state index in [9.17, 15) is 0 Å². The maximum Gasteiger partial charge on any atom is 0.121 e. The maximum absolute atomic E-state index is 5.78. The summed E-state index contributed by atoms with van der Waals surface area (Å²) in [7, 11) is 4.12. The minimum absolute atomic E-state index is 0.628. The summed E-state index contributed by atoms with van der Waals surface area (Å²) in [4.78, 5) is 2.13. The lowest BCUT2D eigenvalue weighted by molar-refractivity contribution is 0.261. The Morgan fingerprint density at radius 1 is 1.20 bits per heavy atom. The highest BCUT2D eigenvalue weighted by Gasteiger charge is 2.17. The molecule has 0 amide bonds. The molecule has 0 atom stereocenters. The fourth-order valence-electron chi connectivity index (χ4n) is 2.66. The van der Waals surface area contributed by atoms with Gasteiger partial charge in [-0.25, -0.2) is 0 Å². The van der Waals surface area contributed by atoms with Crippen molar-refractivity contribution in [2.45, 2.75) is 38.6 Å². The number of hydrogen-bond acceptors (Lipinski definition) is 3. The van der Waals surface area contributed by atoms with Gasteiger partial charge in [0.1, 0.15) is 12.4 Å². The fraction of sp³-hybridized carbons (Fsp3) is 0.647. The van der Waals surface area contributed by atoms with Gasteiger partial charge in [-0.2, -0.15) is 0 Å². The second kappa shape index (κ2) is 7.53. The van der Waals surface area contributed by atoms with Crippen molar-refractivity contribution in [1.82, 2.24) is 4.90 Å². The Morgan fingerprint density at radius 3 is 2.65 bits per heavy atom. The van der Waals surface area contributed by atoms with Gasteiger partial charge in [0.25, 0.3) is 0 Å². The first-order valence-electron chi connectivity index (χ1n) is 7.77. The first-order valence-corrected chi connectivity index (χ1v) is 7.77. The Balaban J connectivity index is 1.82. The van der Waals surface area contributed by atoms with Gasteiger partial charge >= 0.3 is 0 Å². The van der Waals surface area contributed by atoms with Crippen molar-refractivity contribution in [3.05, 3.63) is 24.3 Å². The van der Waals surface area contributed by atoms with Crippen LogP contribution in [0.15, 0.2) is 24.3 Å². The van der Waals surface area contributed by atoms with Crippen LogP contribution in [0.25, 0.3) is 0 Å². The molecule has 1 aromatic rings. The molecule has 0 radical (unpaired) electrons. The van der Waals surface area contributed by atoms with Gasteiger partial charge in [0, 0.05) is 24.3 Å². The minimum Gasteiger partial charge on any atom is -0.492 e. The van der Waals surface area contributed by atoms with Gasteiger partial charge in [-0.1, -0.05) is 13.0 Å². The van der Waals surface area contributed by atoms with E-state index < -0.39 is 0 Å². The Kier molecular flexibility index (Phi) is 5.72. The molecule has 0 bridgehead atoms. The van der Waals surface area contributed by atoms with Gasteiger partial charge in [-0.15, -0.1) is 0 Å². The SMILES string of the molecule is CC1CCC(Nc2cccc(OCCN(C)C)c2)CC1. The summed E-state index contributed by atoms with van der Waals surface area (Å²) < 4.78 is 5.78. The molecule has 1 N–H and O–H groups in total. The van der Waals surface area contributed by atoms with Crippen molar-refractivity contribution >= 4 is 5.69 Å². The van der Waals surface area contributed by atoms with Crippen molar-refractivity contribution in [3.63, 3.8) is 0 Å². The molecule has 0 heterocycles. The molecule has 1 aliphatic rings. The van der Waals surface area contributed by atoms with Gasteiger partial charge in [0.2, 0.25) is 0 Å². The van der Waals surface area contributed by atoms with E-state index in [0.717, 1.165) is 24.8 Å². The molecule has 112 valence electrons. The number of nitrogens with one attached hydrogen (secondary N) is 1. The molecule has 1 aliphatic carbocycles. The molecule has 3 heteroatoms. The number of anilines is 1. The Bertz CT molecular complexity index is 398. The zero-order valence-corrected chi connectivity index (χ0v) is 13.1. The zero-order valence-electron chi connectivity index (χ0n) is 13.1. The summed E-state index contributed by atoms with van der Waals surface area (Å²) in [6.07, 6.45) is 5.26. The van der Waals surface area contributed by atoms with Gasteiger partial charge in [-0.05, 0) is 57.8 Å². The average molecular weight is 276 g/mol. The number of hydrogen-bond donors (Lipinski definition) is 1. The molecule has 0 unspecified atom stereocenters. The van der Waals surface area contributed by atoms with Crippen LogP contribution in [-0.4, -0.2) is 38.2 Å². The predicted octanol–water partition coefficient (Wildman–Crippen LogP) is 3.62. The van der Waals surface area contributed by atoms with Crippen LogP contribution < -0.4 is 10.1 Å². The van der Waals surface area contributed by atoms with Crippen molar-refractivity contribution in [1.29, 1.82) is 0 Å². The standard InChI is InChI=1S/C17H28N2O/c1-14-7-9-15(10-8-14)18-16-5-4-6-17(13-16)20-12-11-19(2)3/h4-6,13-15,18H,7-12H2,1-3H3. The lowest BCUT2D eigenvalue weighted by Crippen LogP contribution is -2.25. The van der Waals surface area contributed by atoms with E-state index in [1.54, 1.807) is 0 Å². The zero-order chi connectivity index (χ0) is 14.4. The molecule has 1 fully saturated rings. The van der Waals surface area contributed by atoms with Crippen LogP contribution in [0.4, 0.5) is 5.69 Å². The molecule has 1 saturated carbocycles. The lowest BCUT2D eigenvalue weighted by Gasteiger charge is -2.27. The van der Waals surface area contributed by atoms with Gasteiger partial charge < -0.3 is 15.0 Å². The van der Waals surface area contributed by atoms with Crippen LogP contribution in [0.3, 0.4) is 0 Å². The number of ether oxygens (including phenoxy) is 1. The average Bonchev–Trinajstić information content (AvgIpc) is 2.41. The molecule has 3 nitrogen and oxygen atoms in total. The van der Waals surface area contributed by atoms with Gasteiger partial charge in [0.05, 0.1) is 0 Å². The Labute approximate surface area is 123 Å². The van der Waals surface area contributed by atoms with Crippen LogP contribution in [0.2, 0.25) is 0 Å². The minimum atomic E-state index is 0.628. The molecule has 0 saturated heterocycles. The summed E-state index contributed by atoms with van der Waals surface area (Å²) in [5, 5.41) is 3.65. The largest absolute Gasteiger partial charge is 0.492 e. The highest BCUT2D eigenvalue weighted by Crippen LogP contribution is 2.27. The summed E-state index contributed by atoms with van der Waals surface area (Å²) in [5.41, 5.74) is 1.19. The van der Waals surface area contributed by atoms with Gasteiger partial charge in [-0.3, -0.25) is 0 Å². The third-order valence-electron chi connectivity index (χ3n) is 4.03. The van der Waals surface area contributed by atoms with Crippen molar-refractivity contribution in [2.75, 3.05) is 32.6 Å². The van der Waals surface area contributed by atoms with E-state index in [1.807, 2.05) is 6.07 Å².